The minimum atomic E-state index is -0.156. The van der Waals surface area contributed by atoms with Crippen molar-refractivity contribution in [3.05, 3.63) is 0 Å². The van der Waals surface area contributed by atoms with Gasteiger partial charge in [0.2, 0.25) is 0 Å². The third kappa shape index (κ3) is 4.52. The fraction of sp³-hybridized carbons (Fsp3) is 1.00. The van der Waals surface area contributed by atoms with Gasteiger partial charge in [-0.2, -0.15) is 0 Å². The summed E-state index contributed by atoms with van der Waals surface area (Å²) in [6, 6.07) is 0. The molecule has 1 fully saturated rings. The fourth-order valence-corrected chi connectivity index (χ4v) is 3.08. The molecule has 0 amide bonds. The zero-order valence-electron chi connectivity index (χ0n) is 12.5. The van der Waals surface area contributed by atoms with Crippen LogP contribution in [-0.4, -0.2) is 47.5 Å². The Morgan fingerprint density at radius 3 is 2.39 bits per heavy atom. The highest BCUT2D eigenvalue weighted by atomic mass is 16.3. The predicted molar refractivity (Wildman–Crippen MR) is 75.5 cm³/mol. The molecule has 3 unspecified atom stereocenters. The highest BCUT2D eigenvalue weighted by Crippen LogP contribution is 2.40. The first-order chi connectivity index (χ1) is 8.38. The lowest BCUT2D eigenvalue weighted by Gasteiger charge is -2.41. The Morgan fingerprint density at radius 2 is 1.89 bits per heavy atom. The van der Waals surface area contributed by atoms with Gasteiger partial charge in [-0.1, -0.05) is 27.7 Å². The molecule has 18 heavy (non-hydrogen) atoms. The molecule has 1 rings (SSSR count). The summed E-state index contributed by atoms with van der Waals surface area (Å²) in [6.45, 7) is 11.8. The Bertz CT molecular complexity index is 237. The van der Waals surface area contributed by atoms with E-state index in [0.717, 1.165) is 38.9 Å². The van der Waals surface area contributed by atoms with Gasteiger partial charge in [-0.15, -0.1) is 0 Å². The Balaban J connectivity index is 2.56. The number of likely N-dealkylation sites (N-methyl/N-ethyl adjacent to an activating group) is 1. The largest absolute Gasteiger partial charge is 0.395 e. The first-order valence-electron chi connectivity index (χ1n) is 7.39. The van der Waals surface area contributed by atoms with Crippen molar-refractivity contribution in [2.75, 3.05) is 26.2 Å². The van der Waals surface area contributed by atoms with Gasteiger partial charge in [-0.05, 0) is 43.1 Å². The minimum absolute atomic E-state index is 0.156. The van der Waals surface area contributed by atoms with Crippen LogP contribution in [-0.2, 0) is 0 Å². The van der Waals surface area contributed by atoms with Gasteiger partial charge < -0.3 is 15.1 Å². The van der Waals surface area contributed by atoms with Crippen molar-refractivity contribution in [3.63, 3.8) is 0 Å². The van der Waals surface area contributed by atoms with E-state index in [0.29, 0.717) is 17.3 Å². The van der Waals surface area contributed by atoms with Gasteiger partial charge in [-0.3, -0.25) is 0 Å². The molecular weight excluding hydrogens is 226 g/mol. The highest BCUT2D eigenvalue weighted by molar-refractivity contribution is 4.86. The average molecular weight is 257 g/mol. The number of hydrogen-bond acceptors (Lipinski definition) is 3. The normalized spacial score (nSPS) is 29.8. The van der Waals surface area contributed by atoms with Crippen LogP contribution in [0, 0.1) is 17.3 Å². The van der Waals surface area contributed by atoms with Gasteiger partial charge in [0.05, 0.1) is 12.7 Å². The minimum Gasteiger partial charge on any atom is -0.395 e. The highest BCUT2D eigenvalue weighted by Gasteiger charge is 2.35. The van der Waals surface area contributed by atoms with Gasteiger partial charge in [0.25, 0.3) is 0 Å². The van der Waals surface area contributed by atoms with E-state index in [4.69, 9.17) is 5.11 Å². The molecule has 3 nitrogen and oxygen atoms in total. The summed E-state index contributed by atoms with van der Waals surface area (Å²) in [7, 11) is 0. The van der Waals surface area contributed by atoms with Crippen molar-refractivity contribution < 1.29 is 10.2 Å². The summed E-state index contributed by atoms with van der Waals surface area (Å²) < 4.78 is 0. The first kappa shape index (κ1) is 15.9. The molecule has 0 spiro atoms. The molecule has 0 saturated heterocycles. The molecule has 3 atom stereocenters. The van der Waals surface area contributed by atoms with Gasteiger partial charge in [0.1, 0.15) is 0 Å². The molecule has 0 aromatic rings. The molecular formula is C15H31NO2. The van der Waals surface area contributed by atoms with Crippen molar-refractivity contribution in [1.29, 1.82) is 0 Å². The lowest BCUT2D eigenvalue weighted by molar-refractivity contribution is 0.00207. The van der Waals surface area contributed by atoms with Crippen LogP contribution in [0.25, 0.3) is 0 Å². The van der Waals surface area contributed by atoms with E-state index >= 15 is 0 Å². The summed E-state index contributed by atoms with van der Waals surface area (Å²) in [6.07, 6.45) is 3.04. The zero-order chi connectivity index (χ0) is 13.8. The molecule has 1 aliphatic carbocycles. The molecule has 0 radical (unpaired) electrons. The van der Waals surface area contributed by atoms with E-state index in [1.165, 1.54) is 0 Å². The Labute approximate surface area is 112 Å². The molecule has 2 N–H and O–H groups in total. The quantitative estimate of drug-likeness (QED) is 0.793. The fourth-order valence-electron chi connectivity index (χ4n) is 3.08. The van der Waals surface area contributed by atoms with E-state index in [-0.39, 0.29) is 12.7 Å². The number of hydrogen-bond donors (Lipinski definition) is 2. The van der Waals surface area contributed by atoms with E-state index in [1.54, 1.807) is 0 Å². The van der Waals surface area contributed by atoms with Crippen molar-refractivity contribution in [2.24, 2.45) is 17.3 Å². The molecule has 3 heteroatoms. The maximum Gasteiger partial charge on any atom is 0.0580 e. The Hall–Kier alpha value is -0.120. The molecule has 0 aromatic heterocycles. The summed E-state index contributed by atoms with van der Waals surface area (Å²) in [5.41, 5.74) is 0.340. The van der Waals surface area contributed by atoms with Crippen LogP contribution in [0.5, 0.6) is 0 Å². The second-order valence-electron chi connectivity index (χ2n) is 6.82. The van der Waals surface area contributed by atoms with Crippen molar-refractivity contribution in [1.82, 2.24) is 4.90 Å². The summed E-state index contributed by atoms with van der Waals surface area (Å²) in [5, 5.41) is 19.2. The van der Waals surface area contributed by atoms with Crippen LogP contribution in [0.4, 0.5) is 0 Å². The van der Waals surface area contributed by atoms with Crippen molar-refractivity contribution in [3.8, 4) is 0 Å². The molecule has 108 valence electrons. The molecule has 0 aliphatic heterocycles. The van der Waals surface area contributed by atoms with Gasteiger partial charge in [0, 0.05) is 13.1 Å². The van der Waals surface area contributed by atoms with Gasteiger partial charge in [-0.25, -0.2) is 0 Å². The third-order valence-corrected chi connectivity index (χ3v) is 4.52. The second kappa shape index (κ2) is 6.88. The molecule has 0 bridgehead atoms. The van der Waals surface area contributed by atoms with Crippen molar-refractivity contribution >= 4 is 0 Å². The maximum atomic E-state index is 10.2. The maximum absolute atomic E-state index is 10.2. The molecule has 0 aromatic carbocycles. The Kier molecular flexibility index (Phi) is 6.09. The van der Waals surface area contributed by atoms with E-state index in [9.17, 15) is 5.11 Å². The molecule has 1 saturated carbocycles. The predicted octanol–water partition coefficient (Wildman–Crippen LogP) is 2.12. The average Bonchev–Trinajstić information content (AvgIpc) is 2.29. The van der Waals surface area contributed by atoms with Gasteiger partial charge >= 0.3 is 0 Å². The van der Waals surface area contributed by atoms with Crippen LogP contribution >= 0.6 is 0 Å². The topological polar surface area (TPSA) is 43.7 Å². The molecule has 0 heterocycles. The van der Waals surface area contributed by atoms with E-state index < -0.39 is 0 Å². The number of nitrogens with zero attached hydrogens (tertiary/aromatic N) is 1. The van der Waals surface area contributed by atoms with E-state index in [2.05, 4.69) is 32.6 Å². The number of aliphatic hydroxyl groups is 2. The lowest BCUT2D eigenvalue weighted by atomic mass is 9.68. The monoisotopic (exact) mass is 257 g/mol. The van der Waals surface area contributed by atoms with Crippen LogP contribution < -0.4 is 0 Å². The van der Waals surface area contributed by atoms with Crippen molar-refractivity contribution in [2.45, 2.75) is 53.1 Å². The number of rotatable bonds is 5. The summed E-state index contributed by atoms with van der Waals surface area (Å²) >= 11 is 0. The smallest absolute Gasteiger partial charge is 0.0580 e. The first-order valence-corrected chi connectivity index (χ1v) is 7.39. The van der Waals surface area contributed by atoms with Crippen LogP contribution in [0.2, 0.25) is 0 Å². The SMILES string of the molecule is CCN(CCO)CC1CC(C(C)(C)C)CCC1O. The summed E-state index contributed by atoms with van der Waals surface area (Å²) in [4.78, 5) is 2.25. The molecule has 1 aliphatic rings. The lowest BCUT2D eigenvalue weighted by Crippen LogP contribution is -2.42. The van der Waals surface area contributed by atoms with Crippen LogP contribution in [0.15, 0.2) is 0 Å². The van der Waals surface area contributed by atoms with Gasteiger partial charge in [0.15, 0.2) is 0 Å². The number of aliphatic hydroxyl groups excluding tert-OH is 2. The zero-order valence-corrected chi connectivity index (χ0v) is 12.5. The van der Waals surface area contributed by atoms with Crippen LogP contribution in [0.1, 0.15) is 47.0 Å². The summed E-state index contributed by atoms with van der Waals surface area (Å²) in [5.74, 6) is 1.08. The second-order valence-corrected chi connectivity index (χ2v) is 6.82. The Morgan fingerprint density at radius 1 is 1.22 bits per heavy atom. The van der Waals surface area contributed by atoms with Crippen LogP contribution in [0.3, 0.4) is 0 Å². The third-order valence-electron chi connectivity index (χ3n) is 4.52. The van der Waals surface area contributed by atoms with E-state index in [1.807, 2.05) is 0 Å². The standard InChI is InChI=1S/C15H31NO2/c1-5-16(8-9-17)11-12-10-13(15(2,3)4)6-7-14(12)18/h12-14,17-18H,5-11H2,1-4H3.